The minimum Gasteiger partial charge on any atom is -0.477 e. The van der Waals surface area contributed by atoms with Gasteiger partial charge in [-0.05, 0) is 12.1 Å². The summed E-state index contributed by atoms with van der Waals surface area (Å²) in [6.07, 6.45) is 4.66. The molecule has 0 spiro atoms. The summed E-state index contributed by atoms with van der Waals surface area (Å²) >= 11 is 0. The molecule has 1 amide bonds. The second kappa shape index (κ2) is 5.30. The third kappa shape index (κ3) is 2.95. The summed E-state index contributed by atoms with van der Waals surface area (Å²) in [6, 6.07) is 2.71. The van der Waals surface area contributed by atoms with E-state index in [2.05, 4.69) is 15.3 Å². The van der Waals surface area contributed by atoms with E-state index in [1.54, 1.807) is 17.0 Å². The lowest BCUT2D eigenvalue weighted by atomic mass is 10.2. The summed E-state index contributed by atoms with van der Waals surface area (Å²) in [5.41, 5.74) is 0.208. The molecule has 0 atom stereocenters. The van der Waals surface area contributed by atoms with E-state index in [1.807, 2.05) is 7.05 Å². The van der Waals surface area contributed by atoms with Crippen LogP contribution in [0.15, 0.2) is 30.7 Å². The number of carbonyl (C=O) groups excluding carboxylic acids is 1. The van der Waals surface area contributed by atoms with Crippen molar-refractivity contribution in [2.45, 2.75) is 6.54 Å². The highest BCUT2D eigenvalue weighted by molar-refractivity contribution is 5.94. The zero-order valence-electron chi connectivity index (χ0n) is 10.2. The average molecular weight is 260 g/mol. The Bertz CT molecular complexity index is 604. The van der Waals surface area contributed by atoms with Gasteiger partial charge in [0.05, 0.1) is 12.1 Å². The number of hydrogen-bond donors (Lipinski definition) is 2. The van der Waals surface area contributed by atoms with Crippen LogP contribution in [0.2, 0.25) is 0 Å². The molecule has 98 valence electrons. The van der Waals surface area contributed by atoms with Crippen LogP contribution in [0.5, 0.6) is 0 Å². The van der Waals surface area contributed by atoms with Crippen molar-refractivity contribution in [2.75, 3.05) is 0 Å². The predicted octanol–water partition coefficient (Wildman–Crippen LogP) is 0.443. The van der Waals surface area contributed by atoms with Crippen molar-refractivity contribution in [1.82, 2.24) is 19.9 Å². The zero-order chi connectivity index (χ0) is 13.8. The van der Waals surface area contributed by atoms with Crippen molar-refractivity contribution < 1.29 is 14.7 Å². The van der Waals surface area contributed by atoms with Gasteiger partial charge in [-0.15, -0.1) is 0 Å². The van der Waals surface area contributed by atoms with Crippen molar-refractivity contribution in [2.24, 2.45) is 7.05 Å². The first kappa shape index (κ1) is 12.7. The summed E-state index contributed by atoms with van der Waals surface area (Å²) < 4.78 is 1.80. The monoisotopic (exact) mass is 260 g/mol. The standard InChI is InChI=1S/C12H12N4O3/c1-16-5-4-13-10(16)7-15-11(17)8-2-3-9(12(18)19)14-6-8/h2-6H,7H2,1H3,(H,15,17)(H,18,19). The summed E-state index contributed by atoms with van der Waals surface area (Å²) in [6.45, 7) is 0.295. The first-order valence-electron chi connectivity index (χ1n) is 5.51. The van der Waals surface area contributed by atoms with E-state index in [4.69, 9.17) is 5.11 Å². The maximum absolute atomic E-state index is 11.8. The number of hydrogen-bond acceptors (Lipinski definition) is 4. The molecule has 0 unspecified atom stereocenters. The Kier molecular flexibility index (Phi) is 3.56. The number of aromatic nitrogens is 3. The highest BCUT2D eigenvalue weighted by atomic mass is 16.4. The van der Waals surface area contributed by atoms with Crippen LogP contribution in [0.4, 0.5) is 0 Å². The highest BCUT2D eigenvalue weighted by Crippen LogP contribution is 2.01. The van der Waals surface area contributed by atoms with Crippen LogP contribution in [0.1, 0.15) is 26.7 Å². The Morgan fingerprint density at radius 2 is 2.16 bits per heavy atom. The molecular weight excluding hydrogens is 248 g/mol. The quantitative estimate of drug-likeness (QED) is 0.831. The largest absolute Gasteiger partial charge is 0.477 e. The summed E-state index contributed by atoms with van der Waals surface area (Å²) in [5.74, 6) is -0.726. The van der Waals surface area contributed by atoms with Gasteiger partial charge in [0.2, 0.25) is 0 Å². The van der Waals surface area contributed by atoms with Crippen molar-refractivity contribution in [1.29, 1.82) is 0 Å². The maximum atomic E-state index is 11.8. The third-order valence-corrected chi connectivity index (χ3v) is 2.57. The van der Waals surface area contributed by atoms with Crippen LogP contribution in [-0.4, -0.2) is 31.5 Å². The van der Waals surface area contributed by atoms with E-state index in [0.717, 1.165) is 5.82 Å². The van der Waals surface area contributed by atoms with Gasteiger partial charge in [-0.3, -0.25) is 4.79 Å². The van der Waals surface area contributed by atoms with Crippen LogP contribution in [0.25, 0.3) is 0 Å². The van der Waals surface area contributed by atoms with Crippen LogP contribution >= 0.6 is 0 Å². The smallest absolute Gasteiger partial charge is 0.354 e. The van der Waals surface area contributed by atoms with Gasteiger partial charge in [-0.25, -0.2) is 14.8 Å². The third-order valence-electron chi connectivity index (χ3n) is 2.57. The molecular formula is C12H12N4O3. The Balaban J connectivity index is 2.00. The molecule has 7 heteroatoms. The molecule has 0 bridgehead atoms. The number of rotatable bonds is 4. The van der Waals surface area contributed by atoms with Crippen LogP contribution < -0.4 is 5.32 Å². The fourth-order valence-corrected chi connectivity index (χ4v) is 1.48. The van der Waals surface area contributed by atoms with Crippen molar-refractivity contribution >= 4 is 11.9 Å². The summed E-state index contributed by atoms with van der Waals surface area (Å²) in [4.78, 5) is 30.2. The topological polar surface area (TPSA) is 97.1 Å². The molecule has 19 heavy (non-hydrogen) atoms. The second-order valence-electron chi connectivity index (χ2n) is 3.87. The molecule has 0 aliphatic carbocycles. The number of carboxylic acid groups (broad SMARTS) is 1. The van der Waals surface area contributed by atoms with E-state index < -0.39 is 5.97 Å². The van der Waals surface area contributed by atoms with E-state index >= 15 is 0 Å². The number of aryl methyl sites for hydroxylation is 1. The van der Waals surface area contributed by atoms with Gasteiger partial charge in [-0.2, -0.15) is 0 Å². The number of nitrogens with one attached hydrogen (secondary N) is 1. The van der Waals surface area contributed by atoms with Crippen LogP contribution in [0.3, 0.4) is 0 Å². The normalized spacial score (nSPS) is 10.2. The van der Waals surface area contributed by atoms with Gasteiger partial charge >= 0.3 is 5.97 Å². The molecule has 0 aliphatic rings. The molecule has 0 saturated carbocycles. The molecule has 2 heterocycles. The SMILES string of the molecule is Cn1ccnc1CNC(=O)c1ccc(C(=O)O)nc1. The molecule has 0 saturated heterocycles. The molecule has 2 aromatic heterocycles. The first-order valence-corrected chi connectivity index (χ1v) is 5.51. The van der Waals surface area contributed by atoms with E-state index in [9.17, 15) is 9.59 Å². The maximum Gasteiger partial charge on any atom is 0.354 e. The lowest BCUT2D eigenvalue weighted by molar-refractivity contribution is 0.0689. The van der Waals surface area contributed by atoms with Gasteiger partial charge in [0.15, 0.2) is 0 Å². The van der Waals surface area contributed by atoms with Gasteiger partial charge in [-0.1, -0.05) is 0 Å². The van der Waals surface area contributed by atoms with E-state index in [0.29, 0.717) is 12.1 Å². The minimum absolute atomic E-state index is 0.0966. The highest BCUT2D eigenvalue weighted by Gasteiger charge is 2.09. The number of imidazole rings is 1. The Hall–Kier alpha value is -2.70. The van der Waals surface area contributed by atoms with Crippen LogP contribution in [0, 0.1) is 0 Å². The van der Waals surface area contributed by atoms with E-state index in [1.165, 1.54) is 18.3 Å². The number of aromatic carboxylic acids is 1. The van der Waals surface area contributed by atoms with Gasteiger partial charge in [0, 0.05) is 25.6 Å². The van der Waals surface area contributed by atoms with Crippen molar-refractivity contribution in [3.8, 4) is 0 Å². The molecule has 7 nitrogen and oxygen atoms in total. The molecule has 0 fully saturated rings. The average Bonchev–Trinajstić information content (AvgIpc) is 2.81. The minimum atomic E-state index is -1.13. The summed E-state index contributed by atoms with van der Waals surface area (Å²) in [5, 5.41) is 11.4. The molecule has 0 aromatic carbocycles. The predicted molar refractivity (Wildman–Crippen MR) is 65.6 cm³/mol. The molecule has 2 rings (SSSR count). The van der Waals surface area contributed by atoms with E-state index in [-0.39, 0.29) is 11.6 Å². The fraction of sp³-hybridized carbons (Fsp3) is 0.167. The Morgan fingerprint density at radius 3 is 2.68 bits per heavy atom. The lowest BCUT2D eigenvalue weighted by Crippen LogP contribution is -2.24. The summed E-state index contributed by atoms with van der Waals surface area (Å²) in [7, 11) is 1.83. The molecule has 0 radical (unpaired) electrons. The number of carbonyl (C=O) groups is 2. The van der Waals surface area contributed by atoms with Crippen molar-refractivity contribution in [3.05, 3.63) is 47.8 Å². The Labute approximate surface area is 108 Å². The lowest BCUT2D eigenvalue weighted by Gasteiger charge is -2.05. The fourth-order valence-electron chi connectivity index (χ4n) is 1.48. The molecule has 2 N–H and O–H groups in total. The van der Waals surface area contributed by atoms with Gasteiger partial charge < -0.3 is 15.0 Å². The number of nitrogens with zero attached hydrogens (tertiary/aromatic N) is 3. The van der Waals surface area contributed by atoms with Gasteiger partial charge in [0.1, 0.15) is 11.5 Å². The number of pyridine rings is 1. The number of amides is 1. The first-order chi connectivity index (χ1) is 9.08. The van der Waals surface area contributed by atoms with Gasteiger partial charge in [0.25, 0.3) is 5.91 Å². The zero-order valence-corrected chi connectivity index (χ0v) is 10.2. The van der Waals surface area contributed by atoms with Crippen LogP contribution in [-0.2, 0) is 13.6 Å². The Morgan fingerprint density at radius 1 is 1.37 bits per heavy atom. The second-order valence-corrected chi connectivity index (χ2v) is 3.87. The van der Waals surface area contributed by atoms with Crippen molar-refractivity contribution in [3.63, 3.8) is 0 Å². The molecule has 0 aliphatic heterocycles. The number of carboxylic acids is 1. The molecule has 2 aromatic rings.